The zero-order chi connectivity index (χ0) is 39.3. The monoisotopic (exact) mass is 752 g/mol. The summed E-state index contributed by atoms with van der Waals surface area (Å²) >= 11 is 0. The SMILES string of the molecule is Fc1ccc(-c2cc(-c3ccc(-c4ccccc4)cc3)c3ccc4c(-c5ccc(-c6ccccc6)cc5)cc(-c5ccc(-c6ccccc6)cc5)c5ccc2c3c54)cc1. The van der Waals surface area contributed by atoms with Gasteiger partial charge in [0.25, 0.3) is 0 Å². The van der Waals surface area contributed by atoms with E-state index in [4.69, 9.17) is 0 Å². The first kappa shape index (κ1) is 34.6. The highest BCUT2D eigenvalue weighted by Gasteiger charge is 2.21. The molecular formula is C58H37F. The lowest BCUT2D eigenvalue weighted by Crippen LogP contribution is -1.94. The zero-order valence-electron chi connectivity index (χ0n) is 32.2. The zero-order valence-corrected chi connectivity index (χ0v) is 32.2. The Morgan fingerprint density at radius 3 is 0.695 bits per heavy atom. The third-order valence-corrected chi connectivity index (χ3v) is 12.0. The fraction of sp³-hybridized carbons (Fsp3) is 0. The second-order valence-corrected chi connectivity index (χ2v) is 15.4. The number of hydrogen-bond acceptors (Lipinski definition) is 0. The van der Waals surface area contributed by atoms with Gasteiger partial charge < -0.3 is 0 Å². The molecule has 276 valence electrons. The van der Waals surface area contributed by atoms with E-state index in [0.717, 1.165) is 27.6 Å². The summed E-state index contributed by atoms with van der Waals surface area (Å²) in [4.78, 5) is 0. The lowest BCUT2D eigenvalue weighted by atomic mass is 9.81. The van der Waals surface area contributed by atoms with Crippen LogP contribution in [-0.2, 0) is 0 Å². The summed E-state index contributed by atoms with van der Waals surface area (Å²) in [5, 5.41) is 7.20. The van der Waals surface area contributed by atoms with Gasteiger partial charge in [0.15, 0.2) is 0 Å². The minimum absolute atomic E-state index is 0.242. The molecule has 0 saturated carbocycles. The Labute approximate surface area is 343 Å². The highest BCUT2D eigenvalue weighted by Crippen LogP contribution is 2.49. The Morgan fingerprint density at radius 1 is 0.203 bits per heavy atom. The van der Waals surface area contributed by atoms with Gasteiger partial charge in [0, 0.05) is 0 Å². The van der Waals surface area contributed by atoms with Crippen LogP contribution in [-0.4, -0.2) is 0 Å². The van der Waals surface area contributed by atoms with Crippen molar-refractivity contribution in [3.8, 4) is 77.9 Å². The van der Waals surface area contributed by atoms with E-state index in [0.29, 0.717) is 0 Å². The van der Waals surface area contributed by atoms with Crippen LogP contribution in [0.2, 0.25) is 0 Å². The molecular weight excluding hydrogens is 716 g/mol. The van der Waals surface area contributed by atoms with Crippen molar-refractivity contribution in [2.24, 2.45) is 0 Å². The number of hydrogen-bond donors (Lipinski definition) is 0. The molecule has 11 aromatic rings. The standard InChI is InChI=1S/C58H37F/c59-48-30-28-47(29-31-48)56-37-55(46-26-20-43(21-27-46)40-14-8-3-9-15-40)51-33-32-49-53(44-22-16-41(17-23-44)38-10-4-1-5-11-38)36-54(50-34-35-52(56)58(51)57(49)50)45-24-18-42(19-25-45)39-12-6-2-7-13-39/h1-37H. The van der Waals surface area contributed by atoms with Gasteiger partial charge in [-0.15, -0.1) is 0 Å². The highest BCUT2D eigenvalue weighted by atomic mass is 19.1. The first-order valence-corrected chi connectivity index (χ1v) is 20.2. The Morgan fingerprint density at radius 2 is 0.424 bits per heavy atom. The van der Waals surface area contributed by atoms with E-state index in [2.05, 4.69) is 200 Å². The summed E-state index contributed by atoms with van der Waals surface area (Å²) in [7, 11) is 0. The summed E-state index contributed by atoms with van der Waals surface area (Å²) in [6.07, 6.45) is 0. The molecule has 0 spiro atoms. The molecule has 0 radical (unpaired) electrons. The van der Waals surface area contributed by atoms with Gasteiger partial charge in [-0.1, -0.05) is 200 Å². The van der Waals surface area contributed by atoms with Gasteiger partial charge in [0.2, 0.25) is 0 Å². The quantitative estimate of drug-likeness (QED) is 0.142. The summed E-state index contributed by atoms with van der Waals surface area (Å²) in [6, 6.07) is 79.4. The van der Waals surface area contributed by atoms with Crippen molar-refractivity contribution in [1.29, 1.82) is 0 Å². The van der Waals surface area contributed by atoms with Crippen LogP contribution in [0.5, 0.6) is 0 Å². The number of rotatable bonds is 7. The minimum Gasteiger partial charge on any atom is -0.207 e. The van der Waals surface area contributed by atoms with Gasteiger partial charge in [-0.3, -0.25) is 0 Å². The third kappa shape index (κ3) is 6.16. The van der Waals surface area contributed by atoms with E-state index in [1.807, 2.05) is 12.1 Å². The van der Waals surface area contributed by atoms with Gasteiger partial charge in [0.1, 0.15) is 5.82 Å². The van der Waals surface area contributed by atoms with E-state index >= 15 is 0 Å². The predicted octanol–water partition coefficient (Wildman–Crippen LogP) is 16.4. The van der Waals surface area contributed by atoms with E-state index in [1.54, 1.807) is 12.1 Å². The molecule has 1 heteroatoms. The van der Waals surface area contributed by atoms with Crippen molar-refractivity contribution in [3.05, 3.63) is 230 Å². The molecule has 0 saturated heterocycles. The summed E-state index contributed by atoms with van der Waals surface area (Å²) in [6.45, 7) is 0. The normalized spacial score (nSPS) is 11.5. The molecule has 0 fully saturated rings. The maximum Gasteiger partial charge on any atom is 0.123 e. The van der Waals surface area contributed by atoms with E-state index in [9.17, 15) is 4.39 Å². The molecule has 0 heterocycles. The van der Waals surface area contributed by atoms with Crippen LogP contribution >= 0.6 is 0 Å². The molecule has 59 heavy (non-hydrogen) atoms. The summed E-state index contributed by atoms with van der Waals surface area (Å²) < 4.78 is 14.4. The van der Waals surface area contributed by atoms with Crippen LogP contribution in [0.3, 0.4) is 0 Å². The van der Waals surface area contributed by atoms with Crippen LogP contribution in [0, 0.1) is 5.82 Å². The highest BCUT2D eigenvalue weighted by molar-refractivity contribution is 6.32. The van der Waals surface area contributed by atoms with Crippen molar-refractivity contribution >= 4 is 32.3 Å². The first-order valence-electron chi connectivity index (χ1n) is 20.2. The second-order valence-electron chi connectivity index (χ2n) is 15.4. The molecule has 0 unspecified atom stereocenters. The Bertz CT molecular complexity index is 3140. The maximum atomic E-state index is 14.4. The summed E-state index contributed by atoms with van der Waals surface area (Å²) in [5.74, 6) is -0.242. The average molecular weight is 753 g/mol. The van der Waals surface area contributed by atoms with Crippen molar-refractivity contribution in [1.82, 2.24) is 0 Å². The van der Waals surface area contributed by atoms with Crippen LogP contribution < -0.4 is 0 Å². The topological polar surface area (TPSA) is 0 Å². The molecule has 0 bridgehead atoms. The van der Waals surface area contributed by atoms with Crippen LogP contribution in [0.15, 0.2) is 224 Å². The molecule has 0 aromatic heterocycles. The van der Waals surface area contributed by atoms with Crippen LogP contribution in [0.1, 0.15) is 0 Å². The van der Waals surface area contributed by atoms with Gasteiger partial charge in [0.05, 0.1) is 0 Å². The van der Waals surface area contributed by atoms with Gasteiger partial charge in [-0.2, -0.15) is 0 Å². The number of halogens is 1. The minimum atomic E-state index is -0.242. The van der Waals surface area contributed by atoms with Crippen molar-refractivity contribution in [3.63, 3.8) is 0 Å². The molecule has 0 aliphatic rings. The van der Waals surface area contributed by atoms with Crippen molar-refractivity contribution in [2.75, 3.05) is 0 Å². The molecule has 0 amide bonds. The Kier molecular flexibility index (Phi) is 8.45. The fourth-order valence-corrected chi connectivity index (χ4v) is 9.00. The molecule has 0 nitrogen and oxygen atoms in total. The van der Waals surface area contributed by atoms with Crippen LogP contribution in [0.25, 0.3) is 110 Å². The number of benzene rings is 11. The van der Waals surface area contributed by atoms with Gasteiger partial charge in [-0.05, 0) is 134 Å². The second kappa shape index (κ2) is 14.4. The molecule has 0 aliphatic carbocycles. The van der Waals surface area contributed by atoms with Crippen molar-refractivity contribution in [2.45, 2.75) is 0 Å². The van der Waals surface area contributed by atoms with Crippen molar-refractivity contribution < 1.29 is 4.39 Å². The predicted molar refractivity (Wildman–Crippen MR) is 248 cm³/mol. The average Bonchev–Trinajstić information content (AvgIpc) is 3.32. The third-order valence-electron chi connectivity index (χ3n) is 12.0. The molecule has 0 atom stereocenters. The smallest absolute Gasteiger partial charge is 0.123 e. The fourth-order valence-electron chi connectivity index (χ4n) is 9.00. The molecule has 0 N–H and O–H groups in total. The van der Waals surface area contributed by atoms with Gasteiger partial charge >= 0.3 is 0 Å². The summed E-state index contributed by atoms with van der Waals surface area (Å²) in [5.41, 5.74) is 16.2. The lowest BCUT2D eigenvalue weighted by molar-refractivity contribution is 0.628. The van der Waals surface area contributed by atoms with E-state index < -0.39 is 0 Å². The first-order chi connectivity index (χ1) is 29.2. The molecule has 0 aliphatic heterocycles. The van der Waals surface area contributed by atoms with Gasteiger partial charge in [-0.25, -0.2) is 4.39 Å². The molecule has 11 rings (SSSR count). The lowest BCUT2D eigenvalue weighted by Gasteiger charge is -2.22. The largest absolute Gasteiger partial charge is 0.207 e. The maximum absolute atomic E-state index is 14.4. The Balaban J connectivity index is 1.19. The van der Waals surface area contributed by atoms with E-state index in [-0.39, 0.29) is 5.82 Å². The molecule has 11 aromatic carbocycles. The Hall–Kier alpha value is -7.61. The van der Waals surface area contributed by atoms with E-state index in [1.165, 1.54) is 82.6 Å². The van der Waals surface area contributed by atoms with Crippen LogP contribution in [0.4, 0.5) is 4.39 Å².